The summed E-state index contributed by atoms with van der Waals surface area (Å²) in [7, 11) is 0. The number of nitrogens with zero attached hydrogens (tertiary/aromatic N) is 2. The van der Waals surface area contributed by atoms with Gasteiger partial charge in [-0.05, 0) is 60.7 Å². The van der Waals surface area contributed by atoms with Gasteiger partial charge in [-0.25, -0.2) is 4.98 Å². The SMILES string of the molecule is Clc1ccc(OCCn2c(CSc3ccc(Cl)cc3)nc3ccccc32)cc1. The van der Waals surface area contributed by atoms with Crippen LogP contribution in [0.1, 0.15) is 5.82 Å². The van der Waals surface area contributed by atoms with E-state index in [1.807, 2.05) is 66.7 Å². The van der Waals surface area contributed by atoms with Crippen LogP contribution in [0.2, 0.25) is 10.0 Å². The molecule has 0 N–H and O–H groups in total. The van der Waals surface area contributed by atoms with Gasteiger partial charge in [0, 0.05) is 14.9 Å². The Morgan fingerprint density at radius 3 is 2.29 bits per heavy atom. The van der Waals surface area contributed by atoms with E-state index < -0.39 is 0 Å². The molecule has 0 unspecified atom stereocenters. The second kappa shape index (κ2) is 8.91. The van der Waals surface area contributed by atoms with Gasteiger partial charge in [0.05, 0.1) is 23.3 Å². The molecule has 6 heteroatoms. The lowest BCUT2D eigenvalue weighted by atomic mass is 10.3. The van der Waals surface area contributed by atoms with Crippen molar-refractivity contribution in [1.29, 1.82) is 0 Å². The van der Waals surface area contributed by atoms with Crippen LogP contribution >= 0.6 is 35.0 Å². The second-order valence-electron chi connectivity index (χ2n) is 6.21. The van der Waals surface area contributed by atoms with Crippen LogP contribution in [0.25, 0.3) is 11.0 Å². The minimum absolute atomic E-state index is 0.556. The van der Waals surface area contributed by atoms with E-state index >= 15 is 0 Å². The summed E-state index contributed by atoms with van der Waals surface area (Å²) < 4.78 is 8.12. The van der Waals surface area contributed by atoms with Crippen LogP contribution in [-0.4, -0.2) is 16.2 Å². The third kappa shape index (κ3) is 4.64. The standard InChI is InChI=1S/C22H18Cl2N2OS/c23-16-5-9-18(10-6-16)27-14-13-26-21-4-2-1-3-20(21)25-22(26)15-28-19-11-7-17(24)8-12-19/h1-12H,13-15H2. The van der Waals surface area contributed by atoms with E-state index in [0.29, 0.717) is 11.6 Å². The fraction of sp³-hybridized carbons (Fsp3) is 0.136. The Kier molecular flexibility index (Phi) is 6.10. The van der Waals surface area contributed by atoms with Crippen molar-refractivity contribution in [2.24, 2.45) is 0 Å². The fourth-order valence-electron chi connectivity index (χ4n) is 2.95. The number of rotatable bonds is 7. The van der Waals surface area contributed by atoms with Gasteiger partial charge in [-0.15, -0.1) is 11.8 Å². The number of para-hydroxylation sites is 2. The first-order chi connectivity index (χ1) is 13.7. The molecule has 4 rings (SSSR count). The molecule has 0 bridgehead atoms. The Morgan fingerprint density at radius 1 is 0.857 bits per heavy atom. The van der Waals surface area contributed by atoms with Crippen molar-refractivity contribution < 1.29 is 4.74 Å². The van der Waals surface area contributed by atoms with E-state index in [-0.39, 0.29) is 0 Å². The smallest absolute Gasteiger partial charge is 0.120 e. The molecule has 0 saturated carbocycles. The molecule has 1 heterocycles. The summed E-state index contributed by atoms with van der Waals surface area (Å²) >= 11 is 13.7. The highest BCUT2D eigenvalue weighted by Gasteiger charge is 2.11. The molecule has 0 amide bonds. The average Bonchev–Trinajstić information content (AvgIpc) is 3.07. The predicted octanol–water partition coefficient (Wildman–Crippen LogP) is 6.71. The molecule has 0 fully saturated rings. The maximum Gasteiger partial charge on any atom is 0.120 e. The largest absolute Gasteiger partial charge is 0.492 e. The van der Waals surface area contributed by atoms with Gasteiger partial charge in [-0.2, -0.15) is 0 Å². The van der Waals surface area contributed by atoms with Gasteiger partial charge in [0.1, 0.15) is 18.2 Å². The highest BCUT2D eigenvalue weighted by atomic mass is 35.5. The molecule has 0 saturated heterocycles. The lowest BCUT2D eigenvalue weighted by Gasteiger charge is -2.11. The zero-order valence-electron chi connectivity index (χ0n) is 15.0. The van der Waals surface area contributed by atoms with Crippen molar-refractivity contribution in [1.82, 2.24) is 9.55 Å². The molecule has 3 aromatic carbocycles. The van der Waals surface area contributed by atoms with Crippen LogP contribution in [0.3, 0.4) is 0 Å². The number of hydrogen-bond donors (Lipinski definition) is 0. The van der Waals surface area contributed by atoms with Gasteiger partial charge in [0.15, 0.2) is 0 Å². The van der Waals surface area contributed by atoms with E-state index in [1.165, 1.54) is 4.90 Å². The summed E-state index contributed by atoms with van der Waals surface area (Å²) in [6, 6.07) is 23.5. The minimum Gasteiger partial charge on any atom is -0.492 e. The maximum absolute atomic E-state index is 5.98. The first-order valence-electron chi connectivity index (χ1n) is 8.90. The highest BCUT2D eigenvalue weighted by molar-refractivity contribution is 7.98. The number of thioether (sulfide) groups is 1. The number of ether oxygens (including phenoxy) is 1. The van der Waals surface area contributed by atoms with Crippen LogP contribution in [0, 0.1) is 0 Å². The molecule has 0 radical (unpaired) electrons. The number of imidazole rings is 1. The Balaban J connectivity index is 1.49. The third-order valence-electron chi connectivity index (χ3n) is 4.31. The van der Waals surface area contributed by atoms with E-state index in [0.717, 1.165) is 39.9 Å². The van der Waals surface area contributed by atoms with Crippen LogP contribution in [-0.2, 0) is 12.3 Å². The summed E-state index contributed by atoms with van der Waals surface area (Å²) in [5.74, 6) is 2.61. The van der Waals surface area contributed by atoms with Crippen molar-refractivity contribution >= 4 is 46.0 Å². The van der Waals surface area contributed by atoms with Crippen LogP contribution in [0.5, 0.6) is 5.75 Å². The molecule has 3 nitrogen and oxygen atoms in total. The summed E-state index contributed by atoms with van der Waals surface area (Å²) in [4.78, 5) is 5.99. The van der Waals surface area contributed by atoms with Crippen LogP contribution < -0.4 is 4.74 Å². The maximum atomic E-state index is 5.98. The third-order valence-corrected chi connectivity index (χ3v) is 5.82. The molecule has 142 valence electrons. The summed E-state index contributed by atoms with van der Waals surface area (Å²) in [5, 5.41) is 1.45. The number of benzene rings is 3. The lowest BCUT2D eigenvalue weighted by molar-refractivity contribution is 0.299. The van der Waals surface area contributed by atoms with Gasteiger partial charge >= 0.3 is 0 Å². The fourth-order valence-corrected chi connectivity index (χ4v) is 4.05. The molecule has 28 heavy (non-hydrogen) atoms. The second-order valence-corrected chi connectivity index (χ2v) is 8.13. The van der Waals surface area contributed by atoms with Crippen molar-refractivity contribution in [3.05, 3.63) is 88.7 Å². The molecule has 0 aliphatic carbocycles. The zero-order chi connectivity index (χ0) is 19.3. The van der Waals surface area contributed by atoms with Crippen LogP contribution in [0.15, 0.2) is 77.7 Å². The quantitative estimate of drug-likeness (QED) is 0.305. The summed E-state index contributed by atoms with van der Waals surface area (Å²) in [5.41, 5.74) is 2.12. The van der Waals surface area contributed by atoms with Gasteiger partial charge < -0.3 is 9.30 Å². The molecule has 0 aliphatic heterocycles. The summed E-state index contributed by atoms with van der Waals surface area (Å²) in [6.45, 7) is 1.28. The van der Waals surface area contributed by atoms with Crippen LogP contribution in [0.4, 0.5) is 0 Å². The van der Waals surface area contributed by atoms with Gasteiger partial charge in [0.2, 0.25) is 0 Å². The monoisotopic (exact) mass is 428 g/mol. The Labute approximate surface area is 178 Å². The van der Waals surface area contributed by atoms with Crippen molar-refractivity contribution in [2.75, 3.05) is 6.61 Å². The lowest BCUT2D eigenvalue weighted by Crippen LogP contribution is -2.10. The molecule has 0 aliphatic rings. The Bertz CT molecular complexity index is 1060. The van der Waals surface area contributed by atoms with Crippen molar-refractivity contribution in [3.8, 4) is 5.75 Å². The van der Waals surface area contributed by atoms with Crippen molar-refractivity contribution in [3.63, 3.8) is 0 Å². The van der Waals surface area contributed by atoms with E-state index in [4.69, 9.17) is 32.9 Å². The number of hydrogen-bond acceptors (Lipinski definition) is 3. The van der Waals surface area contributed by atoms with E-state index in [2.05, 4.69) is 10.6 Å². The first-order valence-corrected chi connectivity index (χ1v) is 10.6. The Morgan fingerprint density at radius 2 is 1.54 bits per heavy atom. The zero-order valence-corrected chi connectivity index (χ0v) is 17.3. The molecule has 1 aromatic heterocycles. The average molecular weight is 429 g/mol. The normalized spacial score (nSPS) is 11.1. The van der Waals surface area contributed by atoms with E-state index in [9.17, 15) is 0 Å². The molecule has 0 spiro atoms. The topological polar surface area (TPSA) is 27.1 Å². The van der Waals surface area contributed by atoms with E-state index in [1.54, 1.807) is 11.8 Å². The molecule has 4 aromatic rings. The number of aromatic nitrogens is 2. The van der Waals surface area contributed by atoms with Gasteiger partial charge in [-0.1, -0.05) is 35.3 Å². The van der Waals surface area contributed by atoms with Crippen molar-refractivity contribution in [2.45, 2.75) is 17.2 Å². The molecular formula is C22H18Cl2N2OS. The minimum atomic E-state index is 0.556. The molecule has 0 atom stereocenters. The number of fused-ring (bicyclic) bond motifs is 1. The van der Waals surface area contributed by atoms with Gasteiger partial charge in [-0.3, -0.25) is 0 Å². The Hall–Kier alpha value is -2.14. The first kappa shape index (κ1) is 19.2. The predicted molar refractivity (Wildman–Crippen MR) is 118 cm³/mol. The van der Waals surface area contributed by atoms with Gasteiger partial charge in [0.25, 0.3) is 0 Å². The summed E-state index contributed by atoms with van der Waals surface area (Å²) in [6.07, 6.45) is 0. The highest BCUT2D eigenvalue weighted by Crippen LogP contribution is 2.26. The molecular weight excluding hydrogens is 411 g/mol. The number of halogens is 2.